The first-order chi connectivity index (χ1) is 15.8. The highest BCUT2D eigenvalue weighted by Crippen LogP contribution is 2.48. The molecule has 0 atom stereocenters. The lowest BCUT2D eigenvalue weighted by molar-refractivity contribution is -0.138. The number of piperidine rings is 1. The molecule has 4 rings (SSSR count). The van der Waals surface area contributed by atoms with Crippen molar-refractivity contribution in [1.82, 2.24) is 4.90 Å². The first-order valence-corrected chi connectivity index (χ1v) is 12.1. The summed E-state index contributed by atoms with van der Waals surface area (Å²) in [7, 11) is -4.08. The molecule has 12 heteroatoms. The van der Waals surface area contributed by atoms with E-state index in [1.165, 1.54) is 23.1 Å². The lowest BCUT2D eigenvalue weighted by atomic mass is 9.74. The molecule has 0 aromatic heterocycles. The van der Waals surface area contributed by atoms with Crippen LogP contribution in [0, 0.1) is 11.6 Å². The molecule has 2 aliphatic rings. The molecule has 6 nitrogen and oxygen atoms in total. The van der Waals surface area contributed by atoms with E-state index in [1.54, 1.807) is 4.90 Å². The van der Waals surface area contributed by atoms with Gasteiger partial charge in [0.2, 0.25) is 10.0 Å². The van der Waals surface area contributed by atoms with Crippen LogP contribution in [-0.4, -0.2) is 51.6 Å². The van der Waals surface area contributed by atoms with Gasteiger partial charge in [-0.25, -0.2) is 22.3 Å². The summed E-state index contributed by atoms with van der Waals surface area (Å²) >= 11 is 0. The van der Waals surface area contributed by atoms with E-state index in [0.717, 1.165) is 18.2 Å². The summed E-state index contributed by atoms with van der Waals surface area (Å²) in [6.07, 6.45) is -4.58. The van der Waals surface area contributed by atoms with Crippen molar-refractivity contribution < 1.29 is 35.2 Å². The number of anilines is 1. The molecule has 2 aromatic carbocycles. The Morgan fingerprint density at radius 2 is 1.68 bits per heavy atom. The van der Waals surface area contributed by atoms with Gasteiger partial charge in [0.1, 0.15) is 17.2 Å². The van der Waals surface area contributed by atoms with Gasteiger partial charge in [-0.15, -0.1) is 0 Å². The summed E-state index contributed by atoms with van der Waals surface area (Å²) in [6, 6.07) is 7.00. The number of primary sulfonamides is 1. The topological polar surface area (TPSA) is 83.7 Å². The van der Waals surface area contributed by atoms with Crippen LogP contribution in [0.5, 0.6) is 0 Å². The van der Waals surface area contributed by atoms with Crippen molar-refractivity contribution in [3.05, 3.63) is 59.2 Å². The Morgan fingerprint density at radius 1 is 1.06 bits per heavy atom. The molecule has 1 spiro atoms. The molecule has 34 heavy (non-hydrogen) atoms. The maximum Gasteiger partial charge on any atom is 0.390 e. The van der Waals surface area contributed by atoms with Crippen molar-refractivity contribution in [3.63, 3.8) is 0 Å². The van der Waals surface area contributed by atoms with Gasteiger partial charge in [0.15, 0.2) is 0 Å². The first kappa shape index (κ1) is 24.6. The zero-order valence-corrected chi connectivity index (χ0v) is 18.7. The summed E-state index contributed by atoms with van der Waals surface area (Å²) in [5.41, 5.74) is -0.755. The normalized spacial score (nSPS) is 18.4. The second-order valence-corrected chi connectivity index (χ2v) is 10.3. The number of hydrogen-bond donors (Lipinski definition) is 1. The fraction of sp³-hybridized carbons (Fsp3) is 0.409. The molecule has 1 amide bonds. The number of nitrogens with zero attached hydrogens (tertiary/aromatic N) is 2. The maximum atomic E-state index is 14.3. The second-order valence-electron chi connectivity index (χ2n) is 8.70. The van der Waals surface area contributed by atoms with Crippen molar-refractivity contribution in [2.75, 3.05) is 31.1 Å². The van der Waals surface area contributed by atoms with Gasteiger partial charge in [-0.1, -0.05) is 6.07 Å². The molecule has 2 N–H and O–H groups in total. The van der Waals surface area contributed by atoms with E-state index in [9.17, 15) is 35.2 Å². The minimum absolute atomic E-state index is 0.0100. The third-order valence-electron chi connectivity index (χ3n) is 6.57. The van der Waals surface area contributed by atoms with Crippen LogP contribution in [0.25, 0.3) is 0 Å². The van der Waals surface area contributed by atoms with Crippen LogP contribution < -0.4 is 10.0 Å². The summed E-state index contributed by atoms with van der Waals surface area (Å²) in [6.45, 7) is 0.402. The lowest BCUT2D eigenvalue weighted by Gasteiger charge is -2.40. The van der Waals surface area contributed by atoms with Gasteiger partial charge in [-0.3, -0.25) is 4.79 Å². The van der Waals surface area contributed by atoms with E-state index in [0.29, 0.717) is 24.1 Å². The number of carbonyl (C=O) groups excluding carboxylic acids is 1. The van der Waals surface area contributed by atoms with Crippen LogP contribution >= 0.6 is 0 Å². The van der Waals surface area contributed by atoms with Gasteiger partial charge in [-0.2, -0.15) is 13.2 Å². The number of halogens is 5. The zero-order valence-electron chi connectivity index (χ0n) is 17.9. The molecule has 1 saturated heterocycles. The highest BCUT2D eigenvalue weighted by molar-refractivity contribution is 7.89. The number of hydrogen-bond acceptors (Lipinski definition) is 4. The van der Waals surface area contributed by atoms with Crippen LogP contribution in [0.4, 0.5) is 27.6 Å². The predicted octanol–water partition coefficient (Wildman–Crippen LogP) is 3.56. The largest absolute Gasteiger partial charge is 0.390 e. The Kier molecular flexibility index (Phi) is 6.19. The molecular weight excluding hydrogens is 481 g/mol. The third kappa shape index (κ3) is 4.66. The van der Waals surface area contributed by atoms with E-state index >= 15 is 0 Å². The summed E-state index contributed by atoms with van der Waals surface area (Å²) < 4.78 is 90.4. The molecule has 0 unspecified atom stereocenters. The molecule has 0 bridgehead atoms. The number of nitrogens with two attached hydrogens (primary N) is 1. The molecule has 2 aromatic rings. The highest BCUT2D eigenvalue weighted by atomic mass is 32.2. The van der Waals surface area contributed by atoms with Crippen LogP contribution in [-0.2, 0) is 15.4 Å². The monoisotopic (exact) mass is 503 g/mol. The fourth-order valence-electron chi connectivity index (χ4n) is 4.76. The minimum atomic E-state index is -4.29. The van der Waals surface area contributed by atoms with Crippen LogP contribution in [0.1, 0.15) is 35.2 Å². The minimum Gasteiger partial charge on any atom is -0.307 e. The number of rotatable bonds is 4. The zero-order chi connectivity index (χ0) is 24.9. The Bertz CT molecular complexity index is 1200. The number of carbonyl (C=O) groups is 1. The Balaban J connectivity index is 1.69. The predicted molar refractivity (Wildman–Crippen MR) is 114 cm³/mol. The van der Waals surface area contributed by atoms with Gasteiger partial charge in [0.25, 0.3) is 5.91 Å². The smallest absolute Gasteiger partial charge is 0.307 e. The number of benzene rings is 2. The van der Waals surface area contributed by atoms with Crippen LogP contribution in [0.3, 0.4) is 0 Å². The molecule has 2 aliphatic heterocycles. The van der Waals surface area contributed by atoms with Crippen molar-refractivity contribution in [3.8, 4) is 0 Å². The summed E-state index contributed by atoms with van der Waals surface area (Å²) in [5.74, 6) is -2.98. The van der Waals surface area contributed by atoms with Gasteiger partial charge >= 0.3 is 6.18 Å². The Labute approximate surface area is 193 Å². The average Bonchev–Trinajstić information content (AvgIpc) is 3.06. The summed E-state index contributed by atoms with van der Waals surface area (Å²) in [4.78, 5) is 15.9. The average molecular weight is 503 g/mol. The van der Waals surface area contributed by atoms with E-state index in [1.807, 2.05) is 0 Å². The maximum absolute atomic E-state index is 14.3. The molecule has 0 radical (unpaired) electrons. The Hall–Kier alpha value is -2.57. The standard InChI is InChI=1S/C22H22F5N3O3S/c23-16-2-1-3-17(24)19(16)20(31)30-13-21(6-9-29(10-7-21)11-8-22(25,26)27)15-12-14(34(28,32)33)4-5-18(15)30/h1-5,12H,6-11,13H2,(H2,28,32,33). The van der Waals surface area contributed by atoms with E-state index in [4.69, 9.17) is 5.14 Å². The van der Waals surface area contributed by atoms with E-state index < -0.39 is 51.1 Å². The number of sulfonamides is 1. The number of fused-ring (bicyclic) bond motifs is 2. The van der Waals surface area contributed by atoms with E-state index in [2.05, 4.69) is 0 Å². The van der Waals surface area contributed by atoms with Crippen molar-refractivity contribution in [2.45, 2.75) is 35.7 Å². The number of alkyl halides is 3. The first-order valence-electron chi connectivity index (χ1n) is 10.5. The van der Waals surface area contributed by atoms with Gasteiger partial charge in [0, 0.05) is 24.2 Å². The highest BCUT2D eigenvalue weighted by Gasteiger charge is 2.47. The van der Waals surface area contributed by atoms with Crippen LogP contribution in [0.2, 0.25) is 0 Å². The molecule has 0 saturated carbocycles. The molecule has 0 aliphatic carbocycles. The SMILES string of the molecule is NS(=O)(=O)c1ccc2c(c1)C1(CCN(CCC(F)(F)F)CC1)CN2C(=O)c1c(F)cccc1F. The quantitative estimate of drug-likeness (QED) is 0.647. The Morgan fingerprint density at radius 3 is 2.24 bits per heavy atom. The van der Waals surface area contributed by atoms with Gasteiger partial charge in [-0.05, 0) is 61.8 Å². The van der Waals surface area contributed by atoms with Crippen molar-refractivity contribution in [1.29, 1.82) is 0 Å². The van der Waals surface area contributed by atoms with E-state index in [-0.39, 0.29) is 31.1 Å². The molecular formula is C22H22F5N3O3S. The van der Waals surface area contributed by atoms with Crippen molar-refractivity contribution >= 4 is 21.6 Å². The fourth-order valence-corrected chi connectivity index (χ4v) is 5.30. The second kappa shape index (κ2) is 8.58. The third-order valence-corrected chi connectivity index (χ3v) is 7.48. The number of amides is 1. The van der Waals surface area contributed by atoms with Crippen molar-refractivity contribution in [2.24, 2.45) is 5.14 Å². The number of likely N-dealkylation sites (tertiary alicyclic amines) is 1. The van der Waals surface area contributed by atoms with Gasteiger partial charge in [0.05, 0.1) is 11.3 Å². The molecule has 1 fully saturated rings. The van der Waals surface area contributed by atoms with Crippen LogP contribution in [0.15, 0.2) is 41.3 Å². The summed E-state index contributed by atoms with van der Waals surface area (Å²) in [5, 5.41) is 5.27. The molecule has 2 heterocycles. The van der Waals surface area contributed by atoms with Gasteiger partial charge < -0.3 is 9.80 Å². The lowest BCUT2D eigenvalue weighted by Crippen LogP contribution is -2.46. The molecule has 184 valence electrons.